The van der Waals surface area contributed by atoms with Crippen molar-refractivity contribution in [1.82, 2.24) is 10.3 Å². The number of anilines is 1. The van der Waals surface area contributed by atoms with Crippen LogP contribution < -0.4 is 10.6 Å². The molecule has 1 amide bonds. The van der Waals surface area contributed by atoms with Crippen molar-refractivity contribution >= 4 is 11.6 Å². The Morgan fingerprint density at radius 3 is 2.89 bits per heavy atom. The molecule has 5 nitrogen and oxygen atoms in total. The molecule has 0 aliphatic heterocycles. The molecule has 0 saturated heterocycles. The van der Waals surface area contributed by atoms with E-state index in [4.69, 9.17) is 0 Å². The molecule has 1 aliphatic carbocycles. The van der Waals surface area contributed by atoms with Gasteiger partial charge in [-0.15, -0.1) is 0 Å². The molecule has 104 valence electrons. The Labute approximate surface area is 113 Å². The number of rotatable bonds is 4. The van der Waals surface area contributed by atoms with Crippen molar-refractivity contribution in [2.75, 3.05) is 11.9 Å². The summed E-state index contributed by atoms with van der Waals surface area (Å²) in [5.74, 6) is -0.168. The topological polar surface area (TPSA) is 74.2 Å². The fourth-order valence-electron chi connectivity index (χ4n) is 2.24. The van der Waals surface area contributed by atoms with Gasteiger partial charge in [0.1, 0.15) is 5.69 Å². The Balaban J connectivity index is 2.06. The lowest BCUT2D eigenvalue weighted by Crippen LogP contribution is -2.56. The highest BCUT2D eigenvalue weighted by Crippen LogP contribution is 2.42. The van der Waals surface area contributed by atoms with Crippen molar-refractivity contribution in [2.45, 2.75) is 39.3 Å². The van der Waals surface area contributed by atoms with Crippen LogP contribution in [0.2, 0.25) is 0 Å². The predicted molar refractivity (Wildman–Crippen MR) is 74.1 cm³/mol. The maximum absolute atomic E-state index is 11.7. The van der Waals surface area contributed by atoms with E-state index >= 15 is 0 Å². The molecule has 1 fully saturated rings. The van der Waals surface area contributed by atoms with Crippen LogP contribution in [0.1, 0.15) is 37.7 Å². The maximum atomic E-state index is 11.7. The number of nitrogens with one attached hydrogen (secondary N) is 2. The molecule has 0 spiro atoms. The molecule has 5 heteroatoms. The maximum Gasteiger partial charge on any atom is 0.269 e. The SMILES string of the molecule is CCNC(=O)c1cc(NC2CC(O)C2(C)C)ccn1. The number of aliphatic hydroxyl groups is 1. The molecule has 0 aromatic carbocycles. The number of aromatic nitrogens is 1. The second-order valence-electron chi connectivity index (χ2n) is 5.56. The van der Waals surface area contributed by atoms with E-state index < -0.39 is 0 Å². The standard InChI is InChI=1S/C14H21N3O2/c1-4-15-13(19)10-7-9(5-6-16-10)17-11-8-12(18)14(11,2)3/h5-7,11-12,18H,4,8H2,1-3H3,(H,15,19)(H,16,17). The normalized spacial score (nSPS) is 24.4. The molecule has 0 bridgehead atoms. The molecule has 1 heterocycles. The van der Waals surface area contributed by atoms with E-state index in [1.165, 1.54) is 0 Å². The van der Waals surface area contributed by atoms with Gasteiger partial charge in [-0.1, -0.05) is 13.8 Å². The summed E-state index contributed by atoms with van der Waals surface area (Å²) in [6, 6.07) is 3.79. The second kappa shape index (κ2) is 5.17. The molecule has 0 radical (unpaired) electrons. The molecule has 1 saturated carbocycles. The monoisotopic (exact) mass is 263 g/mol. The van der Waals surface area contributed by atoms with Gasteiger partial charge in [0.15, 0.2) is 0 Å². The minimum absolute atomic E-state index is 0.144. The molecule has 1 aliphatic rings. The van der Waals surface area contributed by atoms with Crippen molar-refractivity contribution < 1.29 is 9.90 Å². The van der Waals surface area contributed by atoms with Gasteiger partial charge in [0.2, 0.25) is 0 Å². The lowest BCUT2D eigenvalue weighted by Gasteiger charge is -2.49. The minimum Gasteiger partial charge on any atom is -0.392 e. The Bertz CT molecular complexity index is 474. The van der Waals surface area contributed by atoms with E-state index in [9.17, 15) is 9.90 Å². The second-order valence-corrected chi connectivity index (χ2v) is 5.56. The molecule has 2 rings (SSSR count). The summed E-state index contributed by atoms with van der Waals surface area (Å²) in [7, 11) is 0. The number of amides is 1. The average Bonchev–Trinajstić information content (AvgIpc) is 2.39. The van der Waals surface area contributed by atoms with E-state index in [0.717, 1.165) is 12.1 Å². The van der Waals surface area contributed by atoms with Crippen molar-refractivity contribution in [3.63, 3.8) is 0 Å². The third-order valence-corrected chi connectivity index (χ3v) is 3.89. The largest absolute Gasteiger partial charge is 0.392 e. The number of hydrogen-bond acceptors (Lipinski definition) is 4. The van der Waals surface area contributed by atoms with Crippen molar-refractivity contribution in [2.24, 2.45) is 5.41 Å². The number of aliphatic hydroxyl groups excluding tert-OH is 1. The summed E-state index contributed by atoms with van der Waals surface area (Å²) < 4.78 is 0. The lowest BCUT2D eigenvalue weighted by molar-refractivity contribution is -0.0510. The number of carbonyl (C=O) groups excluding carboxylic acids is 1. The van der Waals surface area contributed by atoms with Crippen LogP contribution in [-0.2, 0) is 0 Å². The molecule has 19 heavy (non-hydrogen) atoms. The fraction of sp³-hybridized carbons (Fsp3) is 0.571. The van der Waals surface area contributed by atoms with Crippen LogP contribution in [-0.4, -0.2) is 34.7 Å². The van der Waals surface area contributed by atoms with Crippen LogP contribution in [0.3, 0.4) is 0 Å². The highest BCUT2D eigenvalue weighted by molar-refractivity contribution is 5.93. The minimum atomic E-state index is -0.269. The van der Waals surface area contributed by atoms with E-state index in [1.807, 2.05) is 26.8 Å². The summed E-state index contributed by atoms with van der Waals surface area (Å²) in [4.78, 5) is 15.8. The van der Waals surface area contributed by atoms with Gasteiger partial charge in [-0.3, -0.25) is 9.78 Å². The molecule has 1 aromatic rings. The van der Waals surface area contributed by atoms with Gasteiger partial charge < -0.3 is 15.7 Å². The number of hydrogen-bond donors (Lipinski definition) is 3. The third-order valence-electron chi connectivity index (χ3n) is 3.89. The van der Waals surface area contributed by atoms with Crippen molar-refractivity contribution in [1.29, 1.82) is 0 Å². The molecule has 2 unspecified atom stereocenters. The first-order valence-electron chi connectivity index (χ1n) is 6.64. The zero-order valence-electron chi connectivity index (χ0n) is 11.6. The van der Waals surface area contributed by atoms with Crippen LogP contribution in [0.5, 0.6) is 0 Å². The van der Waals surface area contributed by atoms with E-state index in [-0.39, 0.29) is 23.5 Å². The summed E-state index contributed by atoms with van der Waals surface area (Å²) in [6.45, 7) is 6.52. The summed E-state index contributed by atoms with van der Waals surface area (Å²) in [5, 5.41) is 15.8. The first kappa shape index (κ1) is 13.8. The predicted octanol–water partition coefficient (Wildman–Crippen LogP) is 1.40. The summed E-state index contributed by atoms with van der Waals surface area (Å²) >= 11 is 0. The summed E-state index contributed by atoms with van der Waals surface area (Å²) in [5.41, 5.74) is 1.13. The Kier molecular flexibility index (Phi) is 3.75. The number of carbonyl (C=O) groups is 1. The van der Waals surface area contributed by atoms with Gasteiger partial charge >= 0.3 is 0 Å². The third kappa shape index (κ3) is 2.71. The van der Waals surface area contributed by atoms with Gasteiger partial charge in [-0.05, 0) is 25.5 Å². The smallest absolute Gasteiger partial charge is 0.269 e. The van der Waals surface area contributed by atoms with Gasteiger partial charge in [0, 0.05) is 29.9 Å². The Hall–Kier alpha value is -1.62. The van der Waals surface area contributed by atoms with Crippen molar-refractivity contribution in [3.05, 3.63) is 24.0 Å². The summed E-state index contributed by atoms with van der Waals surface area (Å²) in [6.07, 6.45) is 2.08. The first-order chi connectivity index (χ1) is 8.95. The molecule has 3 N–H and O–H groups in total. The molecule has 1 aromatic heterocycles. The van der Waals surface area contributed by atoms with Crippen LogP contribution in [0, 0.1) is 5.41 Å². The van der Waals surface area contributed by atoms with Crippen LogP contribution in [0.4, 0.5) is 5.69 Å². The van der Waals surface area contributed by atoms with Crippen LogP contribution in [0.15, 0.2) is 18.3 Å². The molecular formula is C14H21N3O2. The van der Waals surface area contributed by atoms with Gasteiger partial charge in [0.05, 0.1) is 6.10 Å². The van der Waals surface area contributed by atoms with Gasteiger partial charge in [0.25, 0.3) is 5.91 Å². The zero-order valence-corrected chi connectivity index (χ0v) is 11.6. The van der Waals surface area contributed by atoms with Crippen LogP contribution >= 0.6 is 0 Å². The van der Waals surface area contributed by atoms with Crippen LogP contribution in [0.25, 0.3) is 0 Å². The highest BCUT2D eigenvalue weighted by Gasteiger charge is 2.47. The molecular weight excluding hydrogens is 242 g/mol. The van der Waals surface area contributed by atoms with Gasteiger partial charge in [-0.25, -0.2) is 0 Å². The van der Waals surface area contributed by atoms with E-state index in [0.29, 0.717) is 12.2 Å². The number of nitrogens with zero attached hydrogens (tertiary/aromatic N) is 1. The average molecular weight is 263 g/mol. The van der Waals surface area contributed by atoms with Crippen molar-refractivity contribution in [3.8, 4) is 0 Å². The number of pyridine rings is 1. The fourth-order valence-corrected chi connectivity index (χ4v) is 2.24. The Morgan fingerprint density at radius 2 is 2.32 bits per heavy atom. The Morgan fingerprint density at radius 1 is 1.58 bits per heavy atom. The van der Waals surface area contributed by atoms with E-state index in [1.54, 1.807) is 12.3 Å². The molecule has 2 atom stereocenters. The zero-order chi connectivity index (χ0) is 14.0. The first-order valence-corrected chi connectivity index (χ1v) is 6.64. The highest BCUT2D eigenvalue weighted by atomic mass is 16.3. The van der Waals surface area contributed by atoms with Gasteiger partial charge in [-0.2, -0.15) is 0 Å². The quantitative estimate of drug-likeness (QED) is 0.767. The van der Waals surface area contributed by atoms with E-state index in [2.05, 4.69) is 15.6 Å². The lowest BCUT2D eigenvalue weighted by atomic mass is 9.64.